The largest absolute Gasteiger partial charge is 0.300 e. The van der Waals surface area contributed by atoms with E-state index in [1.54, 1.807) is 6.92 Å². The van der Waals surface area contributed by atoms with Crippen molar-refractivity contribution in [2.75, 3.05) is 11.5 Å². The summed E-state index contributed by atoms with van der Waals surface area (Å²) in [5.74, 6) is 2.72. The maximum Gasteiger partial charge on any atom is 0.133 e. The molecule has 2 heteroatoms. The fraction of sp³-hybridized carbons (Fsp3) is 0.875. The summed E-state index contributed by atoms with van der Waals surface area (Å²) in [5, 5.41) is 0. The van der Waals surface area contributed by atoms with Crippen molar-refractivity contribution in [3.05, 3.63) is 0 Å². The minimum atomic E-state index is 0.247. The first kappa shape index (κ1) is 10.0. The van der Waals surface area contributed by atoms with Crippen LogP contribution in [0.25, 0.3) is 0 Å². The molecule has 1 atom stereocenters. The summed E-state index contributed by atoms with van der Waals surface area (Å²) in [5.41, 5.74) is 0. The smallest absolute Gasteiger partial charge is 0.133 e. The average molecular weight is 160 g/mol. The molecule has 0 fully saturated rings. The molecule has 0 radical (unpaired) electrons. The van der Waals surface area contributed by atoms with Crippen LogP contribution in [-0.2, 0) is 4.79 Å². The Balaban J connectivity index is 3.21. The molecule has 0 saturated carbocycles. The minimum Gasteiger partial charge on any atom is -0.300 e. The summed E-state index contributed by atoms with van der Waals surface area (Å²) in [6.07, 6.45) is 1.20. The molecular weight excluding hydrogens is 144 g/mol. The predicted molar refractivity (Wildman–Crippen MR) is 47.5 cm³/mol. The van der Waals surface area contributed by atoms with Crippen LogP contribution in [0.2, 0.25) is 0 Å². The number of hydrogen-bond donors (Lipinski definition) is 0. The lowest BCUT2D eigenvalue weighted by molar-refractivity contribution is -0.119. The second-order valence-electron chi connectivity index (χ2n) is 2.59. The molecule has 0 heterocycles. The zero-order chi connectivity index (χ0) is 7.98. The van der Waals surface area contributed by atoms with Gasteiger partial charge in [0.1, 0.15) is 5.78 Å². The normalized spacial score (nSPS) is 13.1. The molecule has 1 unspecified atom stereocenters. The number of hydrogen-bond acceptors (Lipinski definition) is 2. The van der Waals surface area contributed by atoms with E-state index in [9.17, 15) is 4.79 Å². The summed E-state index contributed by atoms with van der Waals surface area (Å²) in [6, 6.07) is 0. The van der Waals surface area contributed by atoms with Crippen LogP contribution >= 0.6 is 11.8 Å². The molecule has 0 aliphatic heterocycles. The molecule has 0 spiro atoms. The minimum absolute atomic E-state index is 0.247. The van der Waals surface area contributed by atoms with Gasteiger partial charge in [-0.2, -0.15) is 11.8 Å². The van der Waals surface area contributed by atoms with Crippen molar-refractivity contribution in [1.29, 1.82) is 0 Å². The SMILES string of the molecule is CCCSCC(C)C(C)=O. The highest BCUT2D eigenvalue weighted by atomic mass is 32.2. The summed E-state index contributed by atoms with van der Waals surface area (Å²) in [7, 11) is 0. The highest BCUT2D eigenvalue weighted by Crippen LogP contribution is 2.09. The Hall–Kier alpha value is 0.0200. The summed E-state index contributed by atoms with van der Waals surface area (Å²) < 4.78 is 0. The zero-order valence-electron chi connectivity index (χ0n) is 7.02. The lowest BCUT2D eigenvalue weighted by atomic mass is 10.1. The molecule has 0 aromatic heterocycles. The molecule has 0 N–H and O–H groups in total. The maximum atomic E-state index is 10.7. The van der Waals surface area contributed by atoms with Crippen LogP contribution in [0.4, 0.5) is 0 Å². The van der Waals surface area contributed by atoms with Crippen LogP contribution in [-0.4, -0.2) is 17.3 Å². The molecule has 0 aromatic carbocycles. The third-order valence-corrected chi connectivity index (χ3v) is 2.84. The fourth-order valence-corrected chi connectivity index (χ4v) is 1.57. The van der Waals surface area contributed by atoms with E-state index >= 15 is 0 Å². The van der Waals surface area contributed by atoms with E-state index < -0.39 is 0 Å². The van der Waals surface area contributed by atoms with Crippen molar-refractivity contribution in [3.63, 3.8) is 0 Å². The predicted octanol–water partition coefficient (Wildman–Crippen LogP) is 2.35. The molecule has 0 saturated heterocycles. The Morgan fingerprint density at radius 2 is 2.20 bits per heavy atom. The van der Waals surface area contributed by atoms with Crippen LogP contribution in [0.1, 0.15) is 27.2 Å². The molecule has 0 rings (SSSR count). The third-order valence-electron chi connectivity index (χ3n) is 1.41. The number of carbonyl (C=O) groups excluding carboxylic acids is 1. The number of Topliss-reactive ketones (excluding diaryl/α,β-unsaturated/α-hetero) is 1. The van der Waals surface area contributed by atoms with Crippen molar-refractivity contribution in [1.82, 2.24) is 0 Å². The second kappa shape index (κ2) is 5.78. The average Bonchev–Trinajstić information content (AvgIpc) is 1.88. The Morgan fingerprint density at radius 3 is 2.60 bits per heavy atom. The van der Waals surface area contributed by atoms with Gasteiger partial charge in [0.2, 0.25) is 0 Å². The van der Waals surface area contributed by atoms with Crippen molar-refractivity contribution in [3.8, 4) is 0 Å². The van der Waals surface area contributed by atoms with Gasteiger partial charge in [0.05, 0.1) is 0 Å². The third kappa shape index (κ3) is 4.86. The molecule has 0 amide bonds. The molecule has 0 aliphatic carbocycles. The van der Waals surface area contributed by atoms with E-state index in [1.165, 1.54) is 12.2 Å². The van der Waals surface area contributed by atoms with Gasteiger partial charge in [0.15, 0.2) is 0 Å². The van der Waals surface area contributed by atoms with Crippen LogP contribution < -0.4 is 0 Å². The van der Waals surface area contributed by atoms with Crippen molar-refractivity contribution in [2.45, 2.75) is 27.2 Å². The lowest BCUT2D eigenvalue weighted by Gasteiger charge is -2.04. The van der Waals surface area contributed by atoms with Crippen LogP contribution in [0.15, 0.2) is 0 Å². The summed E-state index contributed by atoms with van der Waals surface area (Å²) >= 11 is 1.87. The van der Waals surface area contributed by atoms with Crippen molar-refractivity contribution < 1.29 is 4.79 Å². The first-order valence-electron chi connectivity index (χ1n) is 3.76. The Morgan fingerprint density at radius 1 is 1.60 bits per heavy atom. The highest BCUT2D eigenvalue weighted by molar-refractivity contribution is 7.99. The van der Waals surface area contributed by atoms with Crippen molar-refractivity contribution >= 4 is 17.5 Å². The summed E-state index contributed by atoms with van der Waals surface area (Å²) in [4.78, 5) is 10.7. The number of rotatable bonds is 5. The lowest BCUT2D eigenvalue weighted by Crippen LogP contribution is -2.08. The first-order valence-corrected chi connectivity index (χ1v) is 4.92. The second-order valence-corrected chi connectivity index (χ2v) is 3.74. The molecule has 60 valence electrons. The summed E-state index contributed by atoms with van der Waals surface area (Å²) in [6.45, 7) is 5.81. The Kier molecular flexibility index (Phi) is 5.79. The number of ketones is 1. The molecule has 0 aliphatic rings. The molecule has 1 nitrogen and oxygen atoms in total. The molecule has 0 aromatic rings. The molecule has 0 bridgehead atoms. The first-order chi connectivity index (χ1) is 4.68. The van der Waals surface area contributed by atoms with E-state index in [-0.39, 0.29) is 5.92 Å². The number of thioether (sulfide) groups is 1. The quantitative estimate of drug-likeness (QED) is 0.574. The van der Waals surface area contributed by atoms with E-state index in [4.69, 9.17) is 0 Å². The van der Waals surface area contributed by atoms with E-state index in [1.807, 2.05) is 18.7 Å². The van der Waals surface area contributed by atoms with E-state index in [0.29, 0.717) is 5.78 Å². The van der Waals surface area contributed by atoms with E-state index in [0.717, 1.165) is 5.75 Å². The number of carbonyl (C=O) groups is 1. The van der Waals surface area contributed by atoms with Crippen molar-refractivity contribution in [2.24, 2.45) is 5.92 Å². The van der Waals surface area contributed by atoms with Gasteiger partial charge < -0.3 is 0 Å². The van der Waals surface area contributed by atoms with Gasteiger partial charge in [-0.3, -0.25) is 4.79 Å². The maximum absolute atomic E-state index is 10.7. The van der Waals surface area contributed by atoms with Crippen LogP contribution in [0.3, 0.4) is 0 Å². The Bertz CT molecular complexity index is 101. The highest BCUT2D eigenvalue weighted by Gasteiger charge is 2.05. The zero-order valence-corrected chi connectivity index (χ0v) is 7.83. The molecular formula is C8H16OS. The molecule has 10 heavy (non-hydrogen) atoms. The van der Waals surface area contributed by atoms with Gasteiger partial charge in [-0.15, -0.1) is 0 Å². The standard InChI is InChI=1S/C8H16OS/c1-4-5-10-6-7(2)8(3)9/h7H,4-6H2,1-3H3. The topological polar surface area (TPSA) is 17.1 Å². The monoisotopic (exact) mass is 160 g/mol. The van der Waals surface area contributed by atoms with Gasteiger partial charge in [-0.1, -0.05) is 13.8 Å². The van der Waals surface area contributed by atoms with Gasteiger partial charge in [0.25, 0.3) is 0 Å². The fourth-order valence-electron chi connectivity index (χ4n) is 0.522. The van der Waals surface area contributed by atoms with Gasteiger partial charge in [-0.05, 0) is 19.1 Å². The Labute approximate surface area is 67.6 Å². The van der Waals surface area contributed by atoms with Gasteiger partial charge >= 0.3 is 0 Å². The van der Waals surface area contributed by atoms with Gasteiger partial charge in [0, 0.05) is 11.7 Å². The van der Waals surface area contributed by atoms with E-state index in [2.05, 4.69) is 6.92 Å². The van der Waals surface area contributed by atoms with Gasteiger partial charge in [-0.25, -0.2) is 0 Å². The van der Waals surface area contributed by atoms with Crippen LogP contribution in [0, 0.1) is 5.92 Å². The van der Waals surface area contributed by atoms with Crippen LogP contribution in [0.5, 0.6) is 0 Å².